The first kappa shape index (κ1) is 20.3. The number of likely N-dealkylation sites (tertiary alicyclic amines) is 1. The summed E-state index contributed by atoms with van der Waals surface area (Å²) in [6.07, 6.45) is 0.517. The Labute approximate surface area is 168 Å². The molecule has 1 fully saturated rings. The van der Waals surface area contributed by atoms with Crippen LogP contribution in [0.15, 0.2) is 42.5 Å². The molecule has 1 saturated heterocycles. The van der Waals surface area contributed by atoms with Crippen LogP contribution in [0.4, 0.5) is 0 Å². The zero-order valence-electron chi connectivity index (χ0n) is 16.0. The fourth-order valence-corrected chi connectivity index (χ4v) is 3.28. The zero-order chi connectivity index (χ0) is 21.0. The zero-order valence-corrected chi connectivity index (χ0v) is 16.0. The van der Waals surface area contributed by atoms with Gasteiger partial charge in [0.2, 0.25) is 0 Å². The molecule has 1 atom stereocenters. The summed E-state index contributed by atoms with van der Waals surface area (Å²) in [7, 11) is 0. The lowest BCUT2D eigenvalue weighted by molar-refractivity contribution is -0.139. The molecule has 8 heteroatoms. The van der Waals surface area contributed by atoms with Gasteiger partial charge in [0, 0.05) is 30.8 Å². The van der Waals surface area contributed by atoms with E-state index in [1.165, 1.54) is 24.3 Å². The smallest absolute Gasteiger partial charge is 0.263 e. The lowest BCUT2D eigenvalue weighted by atomic mass is 10.0. The molecule has 8 nitrogen and oxygen atoms in total. The number of hydrogen-bond acceptors (Lipinski definition) is 6. The van der Waals surface area contributed by atoms with Crippen LogP contribution in [0.25, 0.3) is 0 Å². The van der Waals surface area contributed by atoms with Crippen molar-refractivity contribution in [2.24, 2.45) is 0 Å². The first-order valence-electron chi connectivity index (χ1n) is 9.40. The van der Waals surface area contributed by atoms with Crippen molar-refractivity contribution in [1.29, 1.82) is 0 Å². The summed E-state index contributed by atoms with van der Waals surface area (Å²) in [6.45, 7) is 2.65. The molecule has 1 aliphatic rings. The summed E-state index contributed by atoms with van der Waals surface area (Å²) in [5.74, 6) is -0.260. The van der Waals surface area contributed by atoms with Crippen molar-refractivity contribution in [1.82, 2.24) is 10.2 Å². The monoisotopic (exact) mass is 400 g/mol. The van der Waals surface area contributed by atoms with Crippen molar-refractivity contribution < 1.29 is 29.6 Å². The normalized spacial score (nSPS) is 15.6. The van der Waals surface area contributed by atoms with E-state index in [2.05, 4.69) is 5.32 Å². The number of nitrogens with one attached hydrogen (secondary N) is 1. The molecule has 3 rings (SSSR count). The van der Waals surface area contributed by atoms with Gasteiger partial charge in [-0.2, -0.15) is 0 Å². The number of phenolic OH excluding ortho intramolecular Hbond substituents is 3. The number of rotatable bonds is 5. The number of carbonyl (C=O) groups is 2. The molecule has 154 valence electrons. The minimum atomic E-state index is -0.666. The van der Waals surface area contributed by atoms with Gasteiger partial charge in [-0.15, -0.1) is 0 Å². The number of carbonyl (C=O) groups excluding carboxylic acids is 2. The van der Waals surface area contributed by atoms with Crippen LogP contribution in [0.2, 0.25) is 0 Å². The van der Waals surface area contributed by atoms with Crippen LogP contribution >= 0.6 is 0 Å². The van der Waals surface area contributed by atoms with Gasteiger partial charge in [-0.05, 0) is 56.2 Å². The molecule has 0 spiro atoms. The van der Waals surface area contributed by atoms with E-state index in [0.29, 0.717) is 31.7 Å². The van der Waals surface area contributed by atoms with Crippen molar-refractivity contribution in [2.45, 2.75) is 31.9 Å². The Morgan fingerprint density at radius 2 is 1.59 bits per heavy atom. The van der Waals surface area contributed by atoms with E-state index in [1.807, 2.05) is 0 Å². The Hall–Kier alpha value is -3.42. The number of piperidine rings is 1. The third kappa shape index (κ3) is 5.31. The molecule has 2 aromatic rings. The maximum absolute atomic E-state index is 12.6. The number of aromatic hydroxyl groups is 3. The van der Waals surface area contributed by atoms with Gasteiger partial charge in [0.15, 0.2) is 6.10 Å². The highest BCUT2D eigenvalue weighted by molar-refractivity contribution is 5.95. The second-order valence-corrected chi connectivity index (χ2v) is 7.07. The van der Waals surface area contributed by atoms with E-state index < -0.39 is 6.10 Å². The van der Waals surface area contributed by atoms with Crippen LogP contribution in [-0.4, -0.2) is 57.3 Å². The van der Waals surface area contributed by atoms with Gasteiger partial charge in [0.1, 0.15) is 23.0 Å². The highest BCUT2D eigenvalue weighted by Gasteiger charge is 2.28. The fourth-order valence-electron chi connectivity index (χ4n) is 3.28. The van der Waals surface area contributed by atoms with Crippen LogP contribution in [0.5, 0.6) is 23.0 Å². The van der Waals surface area contributed by atoms with Gasteiger partial charge < -0.3 is 30.3 Å². The van der Waals surface area contributed by atoms with Crippen molar-refractivity contribution in [3.8, 4) is 23.0 Å². The van der Waals surface area contributed by atoms with Crippen molar-refractivity contribution in [2.75, 3.05) is 13.1 Å². The Bertz CT molecular complexity index is 855. The fraction of sp³-hybridized carbons (Fsp3) is 0.333. The van der Waals surface area contributed by atoms with E-state index in [-0.39, 0.29) is 40.7 Å². The van der Waals surface area contributed by atoms with Gasteiger partial charge in [-0.1, -0.05) is 0 Å². The van der Waals surface area contributed by atoms with Crippen LogP contribution in [0.3, 0.4) is 0 Å². The minimum absolute atomic E-state index is 0.107. The summed E-state index contributed by atoms with van der Waals surface area (Å²) >= 11 is 0. The predicted molar refractivity (Wildman–Crippen MR) is 105 cm³/mol. The summed E-state index contributed by atoms with van der Waals surface area (Å²) < 4.78 is 5.64. The molecule has 0 aliphatic carbocycles. The molecule has 2 aromatic carbocycles. The summed E-state index contributed by atoms with van der Waals surface area (Å²) in [6, 6.07) is 9.80. The average Bonchev–Trinajstić information content (AvgIpc) is 2.69. The number of phenols is 3. The van der Waals surface area contributed by atoms with E-state index in [0.717, 1.165) is 6.07 Å². The molecule has 0 radical (unpaired) electrons. The van der Waals surface area contributed by atoms with Gasteiger partial charge >= 0.3 is 0 Å². The molecular weight excluding hydrogens is 376 g/mol. The first-order valence-corrected chi connectivity index (χ1v) is 9.40. The van der Waals surface area contributed by atoms with Gasteiger partial charge in [-0.3, -0.25) is 9.59 Å². The Balaban J connectivity index is 1.49. The molecule has 0 bridgehead atoms. The summed E-state index contributed by atoms with van der Waals surface area (Å²) in [5.41, 5.74) is 0.178. The molecule has 0 aromatic heterocycles. The van der Waals surface area contributed by atoms with Crippen LogP contribution in [0, 0.1) is 0 Å². The third-order valence-electron chi connectivity index (χ3n) is 4.80. The molecule has 0 saturated carbocycles. The lowest BCUT2D eigenvalue weighted by Gasteiger charge is -2.33. The minimum Gasteiger partial charge on any atom is -0.508 e. The standard InChI is InChI=1S/C21H24N2O6/c1-13(29-19-4-2-16(24)3-5-19)21(28)23-8-6-15(7-9-23)22-20(27)14-10-17(25)12-18(26)11-14/h2-5,10-13,15,24-26H,6-9H2,1H3,(H,22,27). The second-order valence-electron chi connectivity index (χ2n) is 7.07. The van der Waals surface area contributed by atoms with E-state index in [4.69, 9.17) is 4.74 Å². The van der Waals surface area contributed by atoms with E-state index in [9.17, 15) is 24.9 Å². The topological polar surface area (TPSA) is 119 Å². The molecule has 2 amide bonds. The second kappa shape index (κ2) is 8.72. The number of ether oxygens (including phenoxy) is 1. The maximum atomic E-state index is 12.6. The Morgan fingerprint density at radius 3 is 2.17 bits per heavy atom. The molecule has 1 heterocycles. The Morgan fingerprint density at radius 1 is 1.00 bits per heavy atom. The van der Waals surface area contributed by atoms with Crippen LogP contribution < -0.4 is 10.1 Å². The van der Waals surface area contributed by atoms with Crippen molar-refractivity contribution in [3.05, 3.63) is 48.0 Å². The summed E-state index contributed by atoms with van der Waals surface area (Å²) in [4.78, 5) is 26.6. The average molecular weight is 400 g/mol. The molecular formula is C21H24N2O6. The number of amides is 2. The van der Waals surface area contributed by atoms with E-state index >= 15 is 0 Å². The maximum Gasteiger partial charge on any atom is 0.263 e. The highest BCUT2D eigenvalue weighted by atomic mass is 16.5. The molecule has 1 aliphatic heterocycles. The highest BCUT2D eigenvalue weighted by Crippen LogP contribution is 2.22. The predicted octanol–water partition coefficient (Wildman–Crippen LogP) is 1.99. The van der Waals surface area contributed by atoms with Crippen LogP contribution in [0.1, 0.15) is 30.1 Å². The summed E-state index contributed by atoms with van der Waals surface area (Å²) in [5, 5.41) is 31.2. The number of nitrogens with zero attached hydrogens (tertiary/aromatic N) is 1. The van der Waals surface area contributed by atoms with Crippen LogP contribution in [-0.2, 0) is 4.79 Å². The third-order valence-corrected chi connectivity index (χ3v) is 4.80. The van der Waals surface area contributed by atoms with Gasteiger partial charge in [0.05, 0.1) is 0 Å². The largest absolute Gasteiger partial charge is 0.508 e. The number of hydrogen-bond donors (Lipinski definition) is 4. The quantitative estimate of drug-likeness (QED) is 0.609. The van der Waals surface area contributed by atoms with Gasteiger partial charge in [-0.25, -0.2) is 0 Å². The SMILES string of the molecule is CC(Oc1ccc(O)cc1)C(=O)N1CCC(NC(=O)c2cc(O)cc(O)c2)CC1. The van der Waals surface area contributed by atoms with Gasteiger partial charge in [0.25, 0.3) is 11.8 Å². The lowest BCUT2D eigenvalue weighted by Crippen LogP contribution is -2.49. The van der Waals surface area contributed by atoms with E-state index in [1.54, 1.807) is 24.0 Å². The molecule has 4 N–H and O–H groups in total. The Kier molecular flexibility index (Phi) is 6.11. The van der Waals surface area contributed by atoms with Crippen molar-refractivity contribution in [3.63, 3.8) is 0 Å². The molecule has 29 heavy (non-hydrogen) atoms. The molecule has 1 unspecified atom stereocenters. The first-order chi connectivity index (χ1) is 13.8. The van der Waals surface area contributed by atoms with Crippen molar-refractivity contribution >= 4 is 11.8 Å². The number of benzene rings is 2.